The van der Waals surface area contributed by atoms with Crippen LogP contribution in [0.4, 0.5) is 0 Å². The largest absolute Gasteiger partial charge is 0.348 e. The van der Waals surface area contributed by atoms with Crippen molar-refractivity contribution < 1.29 is 4.79 Å². The van der Waals surface area contributed by atoms with Crippen molar-refractivity contribution in [1.29, 1.82) is 5.26 Å². The van der Waals surface area contributed by atoms with E-state index in [0.29, 0.717) is 23.5 Å². The van der Waals surface area contributed by atoms with E-state index in [1.807, 2.05) is 60.8 Å². The molecule has 4 rings (SSSR count). The first-order valence-corrected chi connectivity index (χ1v) is 9.08. The minimum atomic E-state index is -0.203. The molecular formula is C23H17N5O. The Labute approximate surface area is 168 Å². The lowest BCUT2D eigenvalue weighted by Crippen LogP contribution is -2.23. The molecule has 0 bridgehead atoms. The molecule has 0 radical (unpaired) electrons. The van der Waals surface area contributed by atoms with Crippen molar-refractivity contribution >= 4 is 5.91 Å². The molecule has 4 aromatic rings. The molecule has 0 saturated heterocycles. The van der Waals surface area contributed by atoms with Gasteiger partial charge >= 0.3 is 0 Å². The first kappa shape index (κ1) is 18.1. The van der Waals surface area contributed by atoms with Gasteiger partial charge in [0.15, 0.2) is 5.82 Å². The van der Waals surface area contributed by atoms with Gasteiger partial charge in [-0.1, -0.05) is 36.4 Å². The molecule has 140 valence electrons. The van der Waals surface area contributed by atoms with Crippen LogP contribution in [0.15, 0.2) is 85.3 Å². The zero-order chi connectivity index (χ0) is 20.1. The Bertz CT molecular complexity index is 1190. The van der Waals surface area contributed by atoms with Crippen molar-refractivity contribution in [1.82, 2.24) is 20.1 Å². The lowest BCUT2D eigenvalue weighted by Gasteiger charge is -2.12. The van der Waals surface area contributed by atoms with Crippen LogP contribution in [-0.4, -0.2) is 20.7 Å². The number of aromatic nitrogens is 3. The van der Waals surface area contributed by atoms with Gasteiger partial charge in [-0.25, -0.2) is 9.67 Å². The van der Waals surface area contributed by atoms with Gasteiger partial charge in [-0.15, -0.1) is 0 Å². The summed E-state index contributed by atoms with van der Waals surface area (Å²) in [7, 11) is 0. The van der Waals surface area contributed by atoms with Crippen LogP contribution in [0.2, 0.25) is 0 Å². The molecule has 0 fully saturated rings. The van der Waals surface area contributed by atoms with E-state index < -0.39 is 0 Å². The SMILES string of the molecule is N#Cc1ccccc1-c1ccccc1C(=O)NCc1ccnc(-n2cccn2)c1. The zero-order valence-corrected chi connectivity index (χ0v) is 15.5. The third kappa shape index (κ3) is 3.89. The predicted molar refractivity (Wildman–Crippen MR) is 109 cm³/mol. The second-order valence-electron chi connectivity index (χ2n) is 6.36. The minimum Gasteiger partial charge on any atom is -0.348 e. The molecule has 1 amide bonds. The Morgan fingerprint density at radius 3 is 2.59 bits per heavy atom. The van der Waals surface area contributed by atoms with Gasteiger partial charge in [-0.05, 0) is 41.5 Å². The number of amides is 1. The first-order chi connectivity index (χ1) is 14.3. The van der Waals surface area contributed by atoms with Crippen LogP contribution in [0.25, 0.3) is 16.9 Å². The summed E-state index contributed by atoms with van der Waals surface area (Å²) in [6.45, 7) is 0.351. The number of pyridine rings is 1. The maximum Gasteiger partial charge on any atom is 0.252 e. The Morgan fingerprint density at radius 2 is 1.79 bits per heavy atom. The van der Waals surface area contributed by atoms with E-state index in [0.717, 1.165) is 16.7 Å². The number of carbonyl (C=O) groups is 1. The summed E-state index contributed by atoms with van der Waals surface area (Å²) in [5.41, 5.74) is 3.44. The Kier molecular flexibility index (Phi) is 5.12. The average molecular weight is 379 g/mol. The van der Waals surface area contributed by atoms with E-state index in [4.69, 9.17) is 0 Å². The molecule has 2 aromatic carbocycles. The van der Waals surface area contributed by atoms with Gasteiger partial charge < -0.3 is 5.32 Å². The molecule has 0 unspecified atom stereocenters. The van der Waals surface area contributed by atoms with E-state index in [2.05, 4.69) is 21.5 Å². The first-order valence-electron chi connectivity index (χ1n) is 9.08. The maximum absolute atomic E-state index is 12.9. The van der Waals surface area contributed by atoms with Gasteiger partial charge in [0.05, 0.1) is 11.6 Å². The van der Waals surface area contributed by atoms with Gasteiger partial charge in [0.2, 0.25) is 0 Å². The highest BCUT2D eigenvalue weighted by Gasteiger charge is 2.14. The Balaban J connectivity index is 1.56. The molecule has 6 heteroatoms. The standard InChI is InChI=1S/C23H17N5O/c24-15-18-6-1-2-7-19(18)20-8-3-4-9-21(20)23(29)26-16-17-10-12-25-22(14-17)28-13-5-11-27-28/h1-14H,16H2,(H,26,29). The molecule has 0 aliphatic carbocycles. The molecule has 29 heavy (non-hydrogen) atoms. The van der Waals surface area contributed by atoms with Gasteiger partial charge in [0.25, 0.3) is 5.91 Å². The Morgan fingerprint density at radius 1 is 1.00 bits per heavy atom. The van der Waals surface area contributed by atoms with E-state index in [-0.39, 0.29) is 5.91 Å². The molecule has 0 spiro atoms. The summed E-state index contributed by atoms with van der Waals surface area (Å²) in [6.07, 6.45) is 5.19. The third-order valence-corrected chi connectivity index (χ3v) is 4.51. The monoisotopic (exact) mass is 379 g/mol. The molecule has 0 atom stereocenters. The fraction of sp³-hybridized carbons (Fsp3) is 0.0435. The molecule has 0 saturated carbocycles. The topological polar surface area (TPSA) is 83.6 Å². The number of nitriles is 1. The van der Waals surface area contributed by atoms with E-state index in [1.54, 1.807) is 29.2 Å². The molecular weight excluding hydrogens is 362 g/mol. The zero-order valence-electron chi connectivity index (χ0n) is 15.5. The molecule has 2 heterocycles. The highest BCUT2D eigenvalue weighted by Crippen LogP contribution is 2.26. The molecule has 0 aliphatic rings. The van der Waals surface area contributed by atoms with E-state index in [9.17, 15) is 10.1 Å². The highest BCUT2D eigenvalue weighted by molar-refractivity contribution is 6.01. The van der Waals surface area contributed by atoms with Crippen LogP contribution < -0.4 is 5.32 Å². The van der Waals surface area contributed by atoms with E-state index >= 15 is 0 Å². The summed E-state index contributed by atoms with van der Waals surface area (Å²) in [4.78, 5) is 17.2. The smallest absolute Gasteiger partial charge is 0.252 e. The summed E-state index contributed by atoms with van der Waals surface area (Å²) in [5.74, 6) is 0.482. The number of hydrogen-bond donors (Lipinski definition) is 1. The number of nitrogens with one attached hydrogen (secondary N) is 1. The van der Waals surface area contributed by atoms with Crippen LogP contribution in [-0.2, 0) is 6.54 Å². The molecule has 2 aromatic heterocycles. The normalized spacial score (nSPS) is 10.3. The predicted octanol–water partition coefficient (Wildman–Crippen LogP) is 3.74. The van der Waals surface area contributed by atoms with Crippen molar-refractivity contribution in [2.45, 2.75) is 6.54 Å². The number of benzene rings is 2. The number of hydrogen-bond acceptors (Lipinski definition) is 4. The highest BCUT2D eigenvalue weighted by atomic mass is 16.1. The van der Waals surface area contributed by atoms with Crippen LogP contribution >= 0.6 is 0 Å². The average Bonchev–Trinajstić information content (AvgIpc) is 3.33. The number of rotatable bonds is 5. The van der Waals surface area contributed by atoms with Gasteiger partial charge in [-0.3, -0.25) is 4.79 Å². The summed E-state index contributed by atoms with van der Waals surface area (Å²) < 4.78 is 1.67. The Hall–Kier alpha value is -4.24. The lowest BCUT2D eigenvalue weighted by atomic mass is 9.95. The quantitative estimate of drug-likeness (QED) is 0.573. The number of carbonyl (C=O) groups excluding carboxylic acids is 1. The van der Waals surface area contributed by atoms with Crippen molar-refractivity contribution in [2.24, 2.45) is 0 Å². The molecule has 0 aliphatic heterocycles. The van der Waals surface area contributed by atoms with Crippen LogP contribution in [0.1, 0.15) is 21.5 Å². The summed E-state index contributed by atoms with van der Waals surface area (Å²) in [5, 5.41) is 16.5. The van der Waals surface area contributed by atoms with Crippen LogP contribution in [0.5, 0.6) is 0 Å². The van der Waals surface area contributed by atoms with E-state index in [1.165, 1.54) is 0 Å². The maximum atomic E-state index is 12.9. The van der Waals surface area contributed by atoms with Crippen molar-refractivity contribution in [3.05, 3.63) is 102 Å². The van der Waals surface area contributed by atoms with Crippen molar-refractivity contribution in [3.8, 4) is 23.0 Å². The fourth-order valence-electron chi connectivity index (χ4n) is 3.11. The number of nitrogens with zero attached hydrogens (tertiary/aromatic N) is 4. The van der Waals surface area contributed by atoms with Crippen LogP contribution in [0, 0.1) is 11.3 Å². The van der Waals surface area contributed by atoms with Crippen LogP contribution in [0.3, 0.4) is 0 Å². The lowest BCUT2D eigenvalue weighted by molar-refractivity contribution is 0.0951. The summed E-state index contributed by atoms with van der Waals surface area (Å²) >= 11 is 0. The van der Waals surface area contributed by atoms with Gasteiger partial charge in [0.1, 0.15) is 0 Å². The minimum absolute atomic E-state index is 0.203. The second-order valence-corrected chi connectivity index (χ2v) is 6.36. The second kappa shape index (κ2) is 8.19. The molecule has 1 N–H and O–H groups in total. The van der Waals surface area contributed by atoms with Gasteiger partial charge in [0, 0.05) is 36.3 Å². The van der Waals surface area contributed by atoms with Crippen molar-refractivity contribution in [2.75, 3.05) is 0 Å². The van der Waals surface area contributed by atoms with Gasteiger partial charge in [-0.2, -0.15) is 10.4 Å². The summed E-state index contributed by atoms with van der Waals surface area (Å²) in [6, 6.07) is 22.3. The van der Waals surface area contributed by atoms with Crippen molar-refractivity contribution in [3.63, 3.8) is 0 Å². The fourth-order valence-corrected chi connectivity index (χ4v) is 3.11. The third-order valence-electron chi connectivity index (χ3n) is 4.51. The molecule has 6 nitrogen and oxygen atoms in total.